The number of amidine groups is 1. The molecule has 0 spiro atoms. The minimum absolute atomic E-state index is 0.0478. The standard InChI is InChI=1S/C12H19N3O3S/c1-3-18-8-9-19(16,17)15(2)11-6-4-10(5-7-11)12(13)14/h4-7H,3,8-9H2,1-2H3,(H3,13,14). The fourth-order valence-electron chi connectivity index (χ4n) is 1.46. The third-order valence-electron chi connectivity index (χ3n) is 2.65. The fourth-order valence-corrected chi connectivity index (χ4v) is 2.50. The van der Waals surface area contributed by atoms with Gasteiger partial charge >= 0.3 is 0 Å². The van der Waals surface area contributed by atoms with Crippen molar-refractivity contribution in [3.63, 3.8) is 0 Å². The number of benzene rings is 1. The van der Waals surface area contributed by atoms with Gasteiger partial charge in [0, 0.05) is 19.2 Å². The van der Waals surface area contributed by atoms with Gasteiger partial charge in [0.2, 0.25) is 10.0 Å². The van der Waals surface area contributed by atoms with E-state index in [4.69, 9.17) is 15.9 Å². The molecule has 19 heavy (non-hydrogen) atoms. The van der Waals surface area contributed by atoms with Crippen molar-refractivity contribution in [2.45, 2.75) is 6.92 Å². The van der Waals surface area contributed by atoms with Gasteiger partial charge in [-0.3, -0.25) is 9.71 Å². The fraction of sp³-hybridized carbons (Fsp3) is 0.417. The molecule has 0 aromatic heterocycles. The quantitative estimate of drug-likeness (QED) is 0.439. The number of nitrogens with one attached hydrogen (secondary N) is 1. The van der Waals surface area contributed by atoms with Crippen molar-refractivity contribution < 1.29 is 13.2 Å². The number of nitrogens with zero attached hydrogens (tertiary/aromatic N) is 1. The number of nitrogens with two attached hydrogens (primary N) is 1. The highest BCUT2D eigenvalue weighted by Crippen LogP contribution is 2.17. The van der Waals surface area contributed by atoms with E-state index in [1.54, 1.807) is 24.3 Å². The van der Waals surface area contributed by atoms with Crippen LogP contribution in [0.1, 0.15) is 12.5 Å². The van der Waals surface area contributed by atoms with Gasteiger partial charge in [-0.15, -0.1) is 0 Å². The van der Waals surface area contributed by atoms with Crippen molar-refractivity contribution >= 4 is 21.5 Å². The number of rotatable bonds is 7. The van der Waals surface area contributed by atoms with E-state index >= 15 is 0 Å². The van der Waals surface area contributed by atoms with Gasteiger partial charge in [0.15, 0.2) is 0 Å². The first-order chi connectivity index (χ1) is 8.88. The van der Waals surface area contributed by atoms with E-state index in [9.17, 15) is 8.42 Å². The topological polar surface area (TPSA) is 96.5 Å². The number of sulfonamides is 1. The summed E-state index contributed by atoms with van der Waals surface area (Å²) in [6, 6.07) is 6.47. The Bertz CT molecular complexity index is 526. The van der Waals surface area contributed by atoms with E-state index in [-0.39, 0.29) is 18.2 Å². The van der Waals surface area contributed by atoms with E-state index in [0.717, 1.165) is 0 Å². The molecular weight excluding hydrogens is 266 g/mol. The predicted molar refractivity (Wildman–Crippen MR) is 76.1 cm³/mol. The summed E-state index contributed by atoms with van der Waals surface area (Å²) >= 11 is 0. The van der Waals surface area contributed by atoms with Gasteiger partial charge in [-0.05, 0) is 31.2 Å². The lowest BCUT2D eigenvalue weighted by molar-refractivity contribution is 0.163. The minimum Gasteiger partial charge on any atom is -0.384 e. The molecule has 6 nitrogen and oxygen atoms in total. The summed E-state index contributed by atoms with van der Waals surface area (Å²) in [5, 5.41) is 7.28. The maximum atomic E-state index is 12.0. The van der Waals surface area contributed by atoms with Crippen LogP contribution in [0.5, 0.6) is 0 Å². The molecule has 0 saturated heterocycles. The van der Waals surface area contributed by atoms with E-state index in [1.165, 1.54) is 11.4 Å². The van der Waals surface area contributed by atoms with Crippen LogP contribution < -0.4 is 10.0 Å². The molecule has 0 heterocycles. The molecule has 1 rings (SSSR count). The van der Waals surface area contributed by atoms with Crippen LogP contribution in [0.3, 0.4) is 0 Å². The lowest BCUT2D eigenvalue weighted by atomic mass is 10.2. The summed E-state index contributed by atoms with van der Waals surface area (Å²) in [6.07, 6.45) is 0. The smallest absolute Gasteiger partial charge is 0.237 e. The first-order valence-corrected chi connectivity index (χ1v) is 7.48. The van der Waals surface area contributed by atoms with Crippen molar-refractivity contribution in [1.82, 2.24) is 0 Å². The average Bonchev–Trinajstić information content (AvgIpc) is 2.38. The molecular formula is C12H19N3O3S. The zero-order chi connectivity index (χ0) is 14.5. The highest BCUT2D eigenvalue weighted by Gasteiger charge is 2.18. The van der Waals surface area contributed by atoms with Crippen LogP contribution in [0.4, 0.5) is 5.69 Å². The molecule has 106 valence electrons. The molecule has 0 fully saturated rings. The van der Waals surface area contributed by atoms with E-state index in [0.29, 0.717) is 17.9 Å². The summed E-state index contributed by atoms with van der Waals surface area (Å²) in [5.41, 5.74) is 6.43. The Labute approximate surface area is 113 Å². The molecule has 0 amide bonds. The lowest BCUT2D eigenvalue weighted by Crippen LogP contribution is -2.30. The Hall–Kier alpha value is -1.60. The Morgan fingerprint density at radius 3 is 2.42 bits per heavy atom. The van der Waals surface area contributed by atoms with Crippen LogP contribution >= 0.6 is 0 Å². The van der Waals surface area contributed by atoms with Crippen molar-refractivity contribution in [2.75, 3.05) is 30.3 Å². The summed E-state index contributed by atoms with van der Waals surface area (Å²) < 4.78 is 30.3. The zero-order valence-corrected chi connectivity index (χ0v) is 11.9. The third kappa shape index (κ3) is 4.22. The second-order valence-corrected chi connectivity index (χ2v) is 6.06. The highest BCUT2D eigenvalue weighted by molar-refractivity contribution is 7.92. The minimum atomic E-state index is -3.40. The third-order valence-corrected chi connectivity index (χ3v) is 4.38. The molecule has 3 N–H and O–H groups in total. The van der Waals surface area contributed by atoms with Gasteiger partial charge < -0.3 is 10.5 Å². The van der Waals surface area contributed by atoms with Crippen LogP contribution in [-0.4, -0.2) is 40.3 Å². The molecule has 0 atom stereocenters. The molecule has 1 aromatic carbocycles. The van der Waals surface area contributed by atoms with Crippen LogP contribution in [0.15, 0.2) is 24.3 Å². The summed E-state index contributed by atoms with van der Waals surface area (Å²) in [7, 11) is -1.91. The molecule has 7 heteroatoms. The second-order valence-electron chi connectivity index (χ2n) is 3.94. The van der Waals surface area contributed by atoms with Gasteiger partial charge in [-0.25, -0.2) is 8.42 Å². The highest BCUT2D eigenvalue weighted by atomic mass is 32.2. The average molecular weight is 285 g/mol. The van der Waals surface area contributed by atoms with Crippen LogP contribution in [0.2, 0.25) is 0 Å². The number of hydrogen-bond donors (Lipinski definition) is 2. The summed E-state index contributed by atoms with van der Waals surface area (Å²) in [6.45, 7) is 2.48. The molecule has 1 aromatic rings. The Balaban J connectivity index is 2.81. The van der Waals surface area contributed by atoms with Gasteiger partial charge in [-0.2, -0.15) is 0 Å². The Morgan fingerprint density at radius 1 is 1.37 bits per heavy atom. The van der Waals surface area contributed by atoms with E-state index in [1.807, 2.05) is 6.92 Å². The van der Waals surface area contributed by atoms with Gasteiger partial charge in [0.25, 0.3) is 0 Å². The molecule has 0 unspecified atom stereocenters. The lowest BCUT2D eigenvalue weighted by Gasteiger charge is -2.19. The van der Waals surface area contributed by atoms with E-state index in [2.05, 4.69) is 0 Å². The first kappa shape index (κ1) is 15.5. The van der Waals surface area contributed by atoms with Crippen LogP contribution in [0.25, 0.3) is 0 Å². The monoisotopic (exact) mass is 285 g/mol. The summed E-state index contributed by atoms with van der Waals surface area (Å²) in [5.74, 6) is -0.111. The van der Waals surface area contributed by atoms with Crippen molar-refractivity contribution in [2.24, 2.45) is 5.73 Å². The number of anilines is 1. The predicted octanol–water partition coefficient (Wildman–Crippen LogP) is 0.773. The molecule has 0 radical (unpaired) electrons. The largest absolute Gasteiger partial charge is 0.384 e. The SMILES string of the molecule is CCOCCS(=O)(=O)N(C)c1ccc(C(=N)N)cc1. The number of ether oxygens (including phenoxy) is 1. The second kappa shape index (κ2) is 6.53. The molecule has 0 aliphatic rings. The number of nitrogen functional groups attached to an aromatic ring is 1. The van der Waals surface area contributed by atoms with Crippen molar-refractivity contribution in [3.05, 3.63) is 29.8 Å². The zero-order valence-electron chi connectivity index (χ0n) is 11.1. The van der Waals surface area contributed by atoms with Gasteiger partial charge in [-0.1, -0.05) is 0 Å². The number of hydrogen-bond acceptors (Lipinski definition) is 4. The molecule has 0 saturated carbocycles. The Morgan fingerprint density at radius 2 is 1.95 bits per heavy atom. The van der Waals surface area contributed by atoms with Gasteiger partial charge in [0.1, 0.15) is 5.84 Å². The van der Waals surface area contributed by atoms with Crippen molar-refractivity contribution in [3.8, 4) is 0 Å². The van der Waals surface area contributed by atoms with Crippen LogP contribution in [-0.2, 0) is 14.8 Å². The molecule has 0 aliphatic carbocycles. The van der Waals surface area contributed by atoms with Crippen LogP contribution in [0, 0.1) is 5.41 Å². The van der Waals surface area contributed by atoms with E-state index < -0.39 is 10.0 Å². The first-order valence-electron chi connectivity index (χ1n) is 5.87. The Kier molecular flexibility index (Phi) is 5.31. The molecule has 0 aliphatic heterocycles. The molecule has 0 bridgehead atoms. The maximum absolute atomic E-state index is 12.0. The maximum Gasteiger partial charge on any atom is 0.237 e. The summed E-state index contributed by atoms with van der Waals surface area (Å²) in [4.78, 5) is 0. The van der Waals surface area contributed by atoms with Crippen molar-refractivity contribution in [1.29, 1.82) is 5.41 Å². The normalized spacial score (nSPS) is 11.3. The van der Waals surface area contributed by atoms with Gasteiger partial charge in [0.05, 0.1) is 18.0 Å².